The molecule has 0 atom stereocenters. The summed E-state index contributed by atoms with van der Waals surface area (Å²) in [5.41, 5.74) is 1.87. The third kappa shape index (κ3) is 2.59. The van der Waals surface area contributed by atoms with Gasteiger partial charge in [0.2, 0.25) is 5.76 Å². The Bertz CT molecular complexity index is 714. The lowest BCUT2D eigenvalue weighted by molar-refractivity contribution is -0.123. The summed E-state index contributed by atoms with van der Waals surface area (Å²) in [6, 6.07) is 7.81. The maximum Gasteiger partial charge on any atom is 0.290 e. The molecule has 0 fully saturated rings. The van der Waals surface area contributed by atoms with Gasteiger partial charge in [-0.15, -0.1) is 0 Å². The zero-order valence-electron chi connectivity index (χ0n) is 12.1. The van der Waals surface area contributed by atoms with Crippen LogP contribution in [0.2, 0.25) is 0 Å². The van der Waals surface area contributed by atoms with E-state index in [1.807, 2.05) is 31.2 Å². The largest absolute Gasteiger partial charge is 0.491 e. The van der Waals surface area contributed by atoms with Gasteiger partial charge in [0.25, 0.3) is 5.91 Å². The minimum Gasteiger partial charge on any atom is -0.491 e. The lowest BCUT2D eigenvalue weighted by atomic mass is 10.1. The molecule has 2 aromatic rings. The summed E-state index contributed by atoms with van der Waals surface area (Å²) < 4.78 is 16.4. The number of carbonyl (C=O) groups excluding carboxylic acids is 1. The number of hydrogen-bond donors (Lipinski definition) is 1. The van der Waals surface area contributed by atoms with Crippen molar-refractivity contribution in [3.05, 3.63) is 47.1 Å². The average Bonchev–Trinajstić information content (AvgIpc) is 2.82. The van der Waals surface area contributed by atoms with Crippen LogP contribution in [0.25, 0.3) is 11.0 Å². The highest BCUT2D eigenvalue weighted by Crippen LogP contribution is 2.24. The predicted octanol–water partition coefficient (Wildman–Crippen LogP) is 2.64. The predicted molar refractivity (Wildman–Crippen MR) is 77.4 cm³/mol. The van der Waals surface area contributed by atoms with E-state index in [0.29, 0.717) is 25.5 Å². The second-order valence-electron chi connectivity index (χ2n) is 4.91. The van der Waals surface area contributed by atoms with Crippen molar-refractivity contribution in [3.63, 3.8) is 0 Å². The molecule has 0 bridgehead atoms. The summed E-state index contributed by atoms with van der Waals surface area (Å²) in [6.07, 6.45) is 0. The molecule has 1 amide bonds. The Morgan fingerprint density at radius 1 is 1.19 bits per heavy atom. The highest BCUT2D eigenvalue weighted by molar-refractivity contribution is 5.92. The number of furan rings is 1. The van der Waals surface area contributed by atoms with Gasteiger partial charge in [0.15, 0.2) is 0 Å². The molecule has 1 aliphatic rings. The van der Waals surface area contributed by atoms with Gasteiger partial charge in [-0.3, -0.25) is 4.79 Å². The van der Waals surface area contributed by atoms with E-state index in [2.05, 4.69) is 5.32 Å². The number of nitrogens with one attached hydrogen (secondary N) is 1. The van der Waals surface area contributed by atoms with Crippen molar-refractivity contribution in [2.24, 2.45) is 0 Å². The van der Waals surface area contributed by atoms with Crippen LogP contribution in [0.3, 0.4) is 0 Å². The van der Waals surface area contributed by atoms with Gasteiger partial charge in [0.05, 0.1) is 6.54 Å². The highest BCUT2D eigenvalue weighted by atomic mass is 16.6. The van der Waals surface area contributed by atoms with E-state index in [-0.39, 0.29) is 11.7 Å². The average molecular weight is 287 g/mol. The van der Waals surface area contributed by atoms with E-state index in [1.54, 1.807) is 6.92 Å². The third-order valence-corrected chi connectivity index (χ3v) is 3.53. The van der Waals surface area contributed by atoms with Crippen molar-refractivity contribution in [3.8, 4) is 0 Å². The van der Waals surface area contributed by atoms with Crippen molar-refractivity contribution < 1.29 is 18.7 Å². The number of benzene rings is 1. The minimum absolute atomic E-state index is 0.245. The van der Waals surface area contributed by atoms with Gasteiger partial charge in [-0.2, -0.15) is 0 Å². The number of ether oxygens (including phenoxy) is 2. The van der Waals surface area contributed by atoms with Crippen molar-refractivity contribution in [1.82, 2.24) is 5.32 Å². The lowest BCUT2D eigenvalue weighted by Crippen LogP contribution is -2.29. The van der Waals surface area contributed by atoms with Gasteiger partial charge >= 0.3 is 0 Å². The first-order valence-electron chi connectivity index (χ1n) is 6.88. The van der Waals surface area contributed by atoms with Crippen LogP contribution in [0.15, 0.2) is 40.2 Å². The molecule has 3 rings (SSSR count). The molecule has 0 unspecified atom stereocenters. The van der Waals surface area contributed by atoms with Crippen LogP contribution in [-0.4, -0.2) is 19.1 Å². The Labute approximate surface area is 122 Å². The Balaban J connectivity index is 1.74. The van der Waals surface area contributed by atoms with Crippen LogP contribution in [0.5, 0.6) is 0 Å². The fraction of sp³-hybridized carbons (Fsp3) is 0.312. The molecule has 0 saturated carbocycles. The molecule has 5 heteroatoms. The standard InChI is InChI=1S/C16H17NO4/c1-10-12-5-3-4-6-13(12)21-14(10)9-17-16(18)15-11(2)19-7-8-20-15/h3-6H,7-9H2,1-2H3,(H,17,18). The number of aryl methyl sites for hydroxylation is 1. The number of allylic oxidation sites excluding steroid dienone is 1. The quantitative estimate of drug-likeness (QED) is 0.942. The summed E-state index contributed by atoms with van der Waals surface area (Å²) in [6.45, 7) is 4.90. The number of carbonyl (C=O) groups is 1. The molecule has 0 saturated heterocycles. The van der Waals surface area contributed by atoms with E-state index < -0.39 is 0 Å². The molecule has 1 aliphatic heterocycles. The SMILES string of the molecule is CC1=C(C(=O)NCc2oc3ccccc3c2C)OCCO1. The fourth-order valence-corrected chi connectivity index (χ4v) is 2.37. The smallest absolute Gasteiger partial charge is 0.290 e. The molecule has 0 aliphatic carbocycles. The lowest BCUT2D eigenvalue weighted by Gasteiger charge is -2.19. The molecule has 1 N–H and O–H groups in total. The van der Waals surface area contributed by atoms with E-state index in [4.69, 9.17) is 13.9 Å². The van der Waals surface area contributed by atoms with Crippen molar-refractivity contribution in [1.29, 1.82) is 0 Å². The zero-order valence-corrected chi connectivity index (χ0v) is 12.1. The summed E-state index contributed by atoms with van der Waals surface area (Å²) >= 11 is 0. The van der Waals surface area contributed by atoms with Crippen LogP contribution in [0, 0.1) is 6.92 Å². The molecular weight excluding hydrogens is 270 g/mol. The summed E-state index contributed by atoms with van der Waals surface area (Å²) in [5.74, 6) is 1.22. The second kappa shape index (κ2) is 5.52. The van der Waals surface area contributed by atoms with Crippen LogP contribution in [-0.2, 0) is 20.8 Å². The highest BCUT2D eigenvalue weighted by Gasteiger charge is 2.20. The molecule has 110 valence electrons. The second-order valence-corrected chi connectivity index (χ2v) is 4.91. The molecule has 0 radical (unpaired) electrons. The maximum atomic E-state index is 12.1. The molecule has 1 aromatic carbocycles. The molecule has 21 heavy (non-hydrogen) atoms. The molecule has 1 aromatic heterocycles. The Kier molecular flexibility index (Phi) is 3.56. The summed E-state index contributed by atoms with van der Waals surface area (Å²) in [4.78, 5) is 12.1. The van der Waals surface area contributed by atoms with E-state index in [1.165, 1.54) is 0 Å². The van der Waals surface area contributed by atoms with Crippen molar-refractivity contribution in [2.45, 2.75) is 20.4 Å². The van der Waals surface area contributed by atoms with Gasteiger partial charge < -0.3 is 19.2 Å². The Hall–Kier alpha value is -2.43. The zero-order chi connectivity index (χ0) is 14.8. The maximum absolute atomic E-state index is 12.1. The van der Waals surface area contributed by atoms with Gasteiger partial charge in [-0.1, -0.05) is 18.2 Å². The molecule has 2 heterocycles. The fourth-order valence-electron chi connectivity index (χ4n) is 2.37. The first-order valence-corrected chi connectivity index (χ1v) is 6.88. The van der Waals surface area contributed by atoms with Gasteiger partial charge in [-0.05, 0) is 19.9 Å². The molecular formula is C16H17NO4. The number of rotatable bonds is 3. The van der Waals surface area contributed by atoms with E-state index in [9.17, 15) is 4.79 Å². The number of fused-ring (bicyclic) bond motifs is 1. The molecule has 5 nitrogen and oxygen atoms in total. The topological polar surface area (TPSA) is 60.7 Å². The Morgan fingerprint density at radius 3 is 2.71 bits per heavy atom. The monoisotopic (exact) mass is 287 g/mol. The normalized spacial score (nSPS) is 14.8. The minimum atomic E-state index is -0.285. The van der Waals surface area contributed by atoms with Crippen LogP contribution in [0.4, 0.5) is 0 Å². The number of amides is 1. The van der Waals surface area contributed by atoms with Crippen LogP contribution < -0.4 is 5.32 Å². The van der Waals surface area contributed by atoms with Gasteiger partial charge in [-0.25, -0.2) is 0 Å². The molecule has 0 spiro atoms. The van der Waals surface area contributed by atoms with Gasteiger partial charge in [0.1, 0.15) is 30.3 Å². The number of hydrogen-bond acceptors (Lipinski definition) is 4. The summed E-state index contributed by atoms with van der Waals surface area (Å²) in [7, 11) is 0. The summed E-state index contributed by atoms with van der Waals surface area (Å²) in [5, 5.41) is 3.87. The van der Waals surface area contributed by atoms with E-state index >= 15 is 0 Å². The third-order valence-electron chi connectivity index (χ3n) is 3.53. The van der Waals surface area contributed by atoms with E-state index in [0.717, 1.165) is 22.3 Å². The Morgan fingerprint density at radius 2 is 1.95 bits per heavy atom. The van der Waals surface area contributed by atoms with Crippen molar-refractivity contribution in [2.75, 3.05) is 13.2 Å². The van der Waals surface area contributed by atoms with Gasteiger partial charge in [0, 0.05) is 10.9 Å². The first kappa shape index (κ1) is 13.5. The van der Waals surface area contributed by atoms with Crippen LogP contribution in [0.1, 0.15) is 18.2 Å². The number of para-hydroxylation sites is 1. The first-order chi connectivity index (χ1) is 10.2. The van der Waals surface area contributed by atoms with Crippen molar-refractivity contribution >= 4 is 16.9 Å². The van der Waals surface area contributed by atoms with Crippen LogP contribution >= 0.6 is 0 Å².